The van der Waals surface area contributed by atoms with Crippen molar-refractivity contribution in [3.63, 3.8) is 0 Å². The minimum atomic E-state index is 0.124. The van der Waals surface area contributed by atoms with Gasteiger partial charge in [0.15, 0.2) is 0 Å². The Labute approximate surface area is 201 Å². The molecule has 1 saturated carbocycles. The first-order chi connectivity index (χ1) is 16.7. The van der Waals surface area contributed by atoms with Crippen molar-refractivity contribution in [3.8, 4) is 5.75 Å². The highest BCUT2D eigenvalue weighted by Gasteiger charge is 2.26. The lowest BCUT2D eigenvalue weighted by Crippen LogP contribution is -2.34. The van der Waals surface area contributed by atoms with Crippen molar-refractivity contribution in [1.29, 1.82) is 0 Å². The summed E-state index contributed by atoms with van der Waals surface area (Å²) in [5, 5.41) is 14.0. The minimum Gasteiger partial charge on any atom is -0.496 e. The Balaban J connectivity index is 1.44. The van der Waals surface area contributed by atoms with Crippen molar-refractivity contribution >= 4 is 28.4 Å². The van der Waals surface area contributed by atoms with Gasteiger partial charge in [-0.15, -0.1) is 0 Å². The molecule has 1 aliphatic heterocycles. The lowest BCUT2D eigenvalue weighted by Gasteiger charge is -2.34. The second kappa shape index (κ2) is 10.1. The van der Waals surface area contributed by atoms with Crippen LogP contribution in [0.5, 0.6) is 5.75 Å². The van der Waals surface area contributed by atoms with Gasteiger partial charge in [0.05, 0.1) is 19.2 Å². The highest BCUT2D eigenvalue weighted by Crippen LogP contribution is 2.37. The zero-order chi connectivity index (χ0) is 23.5. The number of nitrogens with one attached hydrogen (secondary N) is 1. The van der Waals surface area contributed by atoms with Crippen LogP contribution in [0.25, 0.3) is 10.9 Å². The smallest absolute Gasteiger partial charge is 0.225 e. The SMILES string of the molecule is COc1ccccc1C1CCN(c2nc(NC3CCC3)nc3ccc(N(C)CCO)cc23)CC1. The molecule has 0 spiro atoms. The Morgan fingerprint density at radius 1 is 1.09 bits per heavy atom. The number of rotatable bonds is 8. The molecule has 2 heterocycles. The average molecular weight is 462 g/mol. The number of hydrogen-bond acceptors (Lipinski definition) is 7. The van der Waals surface area contributed by atoms with E-state index < -0.39 is 0 Å². The molecule has 1 saturated heterocycles. The van der Waals surface area contributed by atoms with E-state index in [1.54, 1.807) is 7.11 Å². The van der Waals surface area contributed by atoms with E-state index in [-0.39, 0.29) is 6.61 Å². The maximum atomic E-state index is 9.38. The molecule has 2 aromatic carbocycles. The molecular weight excluding hydrogens is 426 g/mol. The summed E-state index contributed by atoms with van der Waals surface area (Å²) >= 11 is 0. The number of aliphatic hydroxyl groups excluding tert-OH is 1. The van der Waals surface area contributed by atoms with Crippen LogP contribution in [0.4, 0.5) is 17.5 Å². The van der Waals surface area contributed by atoms with Gasteiger partial charge in [-0.05, 0) is 67.9 Å². The van der Waals surface area contributed by atoms with Crippen molar-refractivity contribution in [1.82, 2.24) is 9.97 Å². The number of piperidine rings is 1. The van der Waals surface area contributed by atoms with Gasteiger partial charge in [-0.25, -0.2) is 4.98 Å². The zero-order valence-electron chi connectivity index (χ0n) is 20.2. The second-order valence-electron chi connectivity index (χ2n) is 9.49. The summed E-state index contributed by atoms with van der Waals surface area (Å²) in [4.78, 5) is 14.4. The Hall–Kier alpha value is -3.06. The number of ether oxygens (including phenoxy) is 1. The summed E-state index contributed by atoms with van der Waals surface area (Å²) in [6.07, 6.45) is 5.76. The molecule has 0 radical (unpaired) electrons. The van der Waals surface area contributed by atoms with Gasteiger partial charge in [-0.2, -0.15) is 4.98 Å². The quantitative estimate of drug-likeness (QED) is 0.515. The second-order valence-corrected chi connectivity index (χ2v) is 9.49. The third-order valence-electron chi connectivity index (χ3n) is 7.35. The van der Waals surface area contributed by atoms with Gasteiger partial charge in [0.1, 0.15) is 11.6 Å². The third-order valence-corrected chi connectivity index (χ3v) is 7.35. The summed E-state index contributed by atoms with van der Waals surface area (Å²) in [5.74, 6) is 3.20. The van der Waals surface area contributed by atoms with Gasteiger partial charge >= 0.3 is 0 Å². The van der Waals surface area contributed by atoms with E-state index in [1.165, 1.54) is 24.8 Å². The van der Waals surface area contributed by atoms with E-state index in [9.17, 15) is 5.11 Å². The van der Waals surface area contributed by atoms with E-state index in [0.717, 1.165) is 60.0 Å². The monoisotopic (exact) mass is 461 g/mol. The lowest BCUT2D eigenvalue weighted by molar-refractivity contribution is 0.304. The van der Waals surface area contributed by atoms with Crippen LogP contribution in [0, 0.1) is 0 Å². The molecule has 5 rings (SSSR count). The molecule has 2 aliphatic rings. The Morgan fingerprint density at radius 3 is 2.59 bits per heavy atom. The predicted octanol–water partition coefficient (Wildman–Crippen LogP) is 4.42. The molecular formula is C27H35N5O2. The standard InChI is InChI=1S/C27H35N5O2/c1-31(16-17-33)21-10-11-24-23(18-21)26(30-27(29-24)28-20-6-5-7-20)32-14-12-19(13-15-32)22-8-3-4-9-25(22)34-2/h3-4,8-11,18-20,33H,5-7,12-17H2,1-2H3,(H,28,29,30). The fourth-order valence-electron chi connectivity index (χ4n) is 5.06. The largest absolute Gasteiger partial charge is 0.496 e. The van der Waals surface area contributed by atoms with Gasteiger partial charge < -0.3 is 25.0 Å². The molecule has 7 nitrogen and oxygen atoms in total. The van der Waals surface area contributed by atoms with Crippen LogP contribution in [-0.2, 0) is 0 Å². The van der Waals surface area contributed by atoms with Gasteiger partial charge in [0, 0.05) is 43.8 Å². The molecule has 34 heavy (non-hydrogen) atoms. The number of hydrogen-bond donors (Lipinski definition) is 2. The van der Waals surface area contributed by atoms with Crippen molar-refractivity contribution in [2.45, 2.75) is 44.1 Å². The fraction of sp³-hybridized carbons (Fsp3) is 0.481. The number of fused-ring (bicyclic) bond motifs is 1. The molecule has 3 aromatic rings. The molecule has 0 atom stereocenters. The minimum absolute atomic E-state index is 0.124. The molecule has 0 unspecified atom stereocenters. The van der Waals surface area contributed by atoms with Crippen molar-refractivity contribution in [2.24, 2.45) is 0 Å². The van der Waals surface area contributed by atoms with Crippen LogP contribution in [0.15, 0.2) is 42.5 Å². The highest BCUT2D eigenvalue weighted by atomic mass is 16.5. The van der Waals surface area contributed by atoms with Crippen molar-refractivity contribution < 1.29 is 9.84 Å². The van der Waals surface area contributed by atoms with Crippen LogP contribution in [0.2, 0.25) is 0 Å². The first-order valence-corrected chi connectivity index (χ1v) is 12.4. The number of nitrogens with zero attached hydrogens (tertiary/aromatic N) is 4. The summed E-state index contributed by atoms with van der Waals surface area (Å²) in [7, 11) is 3.76. The fourth-order valence-corrected chi connectivity index (χ4v) is 5.06. The van der Waals surface area contributed by atoms with Crippen LogP contribution >= 0.6 is 0 Å². The topological polar surface area (TPSA) is 73.8 Å². The number of benzene rings is 2. The highest BCUT2D eigenvalue weighted by molar-refractivity contribution is 5.93. The number of para-hydroxylation sites is 1. The summed E-state index contributed by atoms with van der Waals surface area (Å²) in [6.45, 7) is 2.59. The number of methoxy groups -OCH3 is 1. The molecule has 7 heteroatoms. The van der Waals surface area contributed by atoms with E-state index in [4.69, 9.17) is 14.7 Å². The lowest BCUT2D eigenvalue weighted by atomic mass is 9.88. The maximum absolute atomic E-state index is 9.38. The van der Waals surface area contributed by atoms with E-state index in [0.29, 0.717) is 18.5 Å². The van der Waals surface area contributed by atoms with Crippen molar-refractivity contribution in [2.75, 3.05) is 55.5 Å². The first kappa shape index (κ1) is 22.7. The van der Waals surface area contributed by atoms with Crippen molar-refractivity contribution in [3.05, 3.63) is 48.0 Å². The average Bonchev–Trinajstić information content (AvgIpc) is 2.85. The maximum Gasteiger partial charge on any atom is 0.225 e. The summed E-state index contributed by atoms with van der Waals surface area (Å²) in [6, 6.07) is 15.2. The molecule has 2 fully saturated rings. The van der Waals surface area contributed by atoms with Gasteiger partial charge in [0.25, 0.3) is 0 Å². The number of aromatic nitrogens is 2. The first-order valence-electron chi connectivity index (χ1n) is 12.4. The number of likely N-dealkylation sites (N-methyl/N-ethyl adjacent to an activating group) is 1. The van der Waals surface area contributed by atoms with Gasteiger partial charge in [-0.3, -0.25) is 0 Å². The Kier molecular flexibility index (Phi) is 6.72. The predicted molar refractivity (Wildman–Crippen MR) is 138 cm³/mol. The molecule has 180 valence electrons. The van der Waals surface area contributed by atoms with Gasteiger partial charge in [0.2, 0.25) is 5.95 Å². The van der Waals surface area contributed by atoms with E-state index in [1.807, 2.05) is 13.1 Å². The Morgan fingerprint density at radius 2 is 1.88 bits per heavy atom. The Bertz CT molecular complexity index is 1130. The summed E-state index contributed by atoms with van der Waals surface area (Å²) in [5.41, 5.74) is 3.33. The molecule has 2 N–H and O–H groups in total. The van der Waals surface area contributed by atoms with Gasteiger partial charge in [-0.1, -0.05) is 18.2 Å². The molecule has 1 aliphatic carbocycles. The van der Waals surface area contributed by atoms with Crippen LogP contribution < -0.4 is 19.9 Å². The van der Waals surface area contributed by atoms with Crippen LogP contribution in [-0.4, -0.2) is 61.5 Å². The number of anilines is 3. The van der Waals surface area contributed by atoms with Crippen LogP contribution in [0.1, 0.15) is 43.6 Å². The van der Waals surface area contributed by atoms with E-state index >= 15 is 0 Å². The normalized spacial score (nSPS) is 17.0. The zero-order valence-corrected chi connectivity index (χ0v) is 20.2. The van der Waals surface area contributed by atoms with Crippen LogP contribution in [0.3, 0.4) is 0 Å². The number of aliphatic hydroxyl groups is 1. The molecule has 1 aromatic heterocycles. The van der Waals surface area contributed by atoms with E-state index in [2.05, 4.69) is 51.5 Å². The third kappa shape index (κ3) is 4.62. The summed E-state index contributed by atoms with van der Waals surface area (Å²) < 4.78 is 5.63. The molecule has 0 amide bonds. The molecule has 0 bridgehead atoms.